The Bertz CT molecular complexity index is 389. The molecular formula is C16H25NO3. The largest absolute Gasteiger partial charge is 0.385 e. The van der Waals surface area contributed by atoms with Gasteiger partial charge >= 0.3 is 0 Å². The molecule has 0 aliphatic heterocycles. The van der Waals surface area contributed by atoms with Gasteiger partial charge in [0.1, 0.15) is 0 Å². The van der Waals surface area contributed by atoms with Crippen molar-refractivity contribution in [2.75, 3.05) is 45.4 Å². The molecule has 0 bridgehead atoms. The van der Waals surface area contributed by atoms with Gasteiger partial charge in [0, 0.05) is 51.6 Å². The third-order valence-electron chi connectivity index (χ3n) is 3.22. The van der Waals surface area contributed by atoms with E-state index in [4.69, 9.17) is 9.47 Å². The number of rotatable bonds is 10. The predicted octanol–water partition coefficient (Wildman–Crippen LogP) is 2.77. The van der Waals surface area contributed by atoms with Crippen LogP contribution in [0.3, 0.4) is 0 Å². The zero-order valence-corrected chi connectivity index (χ0v) is 12.7. The number of hydrogen-bond acceptors (Lipinski definition) is 4. The summed E-state index contributed by atoms with van der Waals surface area (Å²) in [5.41, 5.74) is 1.89. The fourth-order valence-electron chi connectivity index (χ4n) is 2.03. The summed E-state index contributed by atoms with van der Waals surface area (Å²) in [6, 6.07) is 7.81. The van der Waals surface area contributed by atoms with E-state index in [1.165, 1.54) is 0 Å². The van der Waals surface area contributed by atoms with Crippen LogP contribution in [0.2, 0.25) is 0 Å². The Kier molecular flexibility index (Phi) is 7.92. The first-order valence-electron chi connectivity index (χ1n) is 7.09. The molecule has 0 aliphatic carbocycles. The summed E-state index contributed by atoms with van der Waals surface area (Å²) >= 11 is 0. The lowest BCUT2D eigenvalue weighted by atomic mass is 10.1. The maximum Gasteiger partial charge on any atom is 0.162 e. The number of Topliss-reactive ketones (excluding diaryl/α,β-unsaturated/α-hetero) is 1. The average Bonchev–Trinajstić information content (AvgIpc) is 2.50. The summed E-state index contributed by atoms with van der Waals surface area (Å²) in [6.07, 6.45) is 1.51. The van der Waals surface area contributed by atoms with Gasteiger partial charge in [0.25, 0.3) is 0 Å². The van der Waals surface area contributed by atoms with Gasteiger partial charge in [-0.05, 0) is 30.7 Å². The zero-order chi connectivity index (χ0) is 14.8. The lowest BCUT2D eigenvalue weighted by molar-refractivity contribution is 0.0988. The van der Waals surface area contributed by atoms with E-state index in [-0.39, 0.29) is 5.78 Å². The normalized spacial score (nSPS) is 10.6. The molecule has 0 saturated heterocycles. The molecule has 112 valence electrons. The lowest BCUT2D eigenvalue weighted by Gasteiger charge is -2.24. The van der Waals surface area contributed by atoms with Crippen LogP contribution in [0.4, 0.5) is 5.69 Å². The average molecular weight is 279 g/mol. The topological polar surface area (TPSA) is 38.8 Å². The van der Waals surface area contributed by atoms with Crippen LogP contribution in [-0.4, -0.2) is 46.3 Å². The van der Waals surface area contributed by atoms with Crippen molar-refractivity contribution in [1.29, 1.82) is 0 Å². The Morgan fingerprint density at radius 1 is 1.05 bits per heavy atom. The summed E-state index contributed by atoms with van der Waals surface area (Å²) < 4.78 is 10.2. The van der Waals surface area contributed by atoms with Crippen molar-refractivity contribution in [2.45, 2.75) is 19.8 Å². The third-order valence-corrected chi connectivity index (χ3v) is 3.22. The van der Waals surface area contributed by atoms with Crippen LogP contribution in [0.15, 0.2) is 24.3 Å². The second kappa shape index (κ2) is 9.50. The van der Waals surface area contributed by atoms with Gasteiger partial charge in [-0.25, -0.2) is 0 Å². The molecule has 0 saturated carbocycles. The number of anilines is 1. The van der Waals surface area contributed by atoms with E-state index in [0.29, 0.717) is 13.0 Å². The van der Waals surface area contributed by atoms with Crippen LogP contribution in [-0.2, 0) is 9.47 Å². The molecule has 1 aromatic carbocycles. The smallest absolute Gasteiger partial charge is 0.162 e. The Labute approximate surface area is 121 Å². The Hall–Kier alpha value is -1.39. The summed E-state index contributed by atoms with van der Waals surface area (Å²) in [7, 11) is 3.42. The number of carbonyl (C=O) groups is 1. The molecule has 0 N–H and O–H groups in total. The minimum atomic E-state index is 0.180. The second-order valence-corrected chi connectivity index (χ2v) is 4.65. The highest BCUT2D eigenvalue weighted by atomic mass is 16.5. The fourth-order valence-corrected chi connectivity index (χ4v) is 2.03. The molecule has 20 heavy (non-hydrogen) atoms. The number of nitrogens with zero attached hydrogens (tertiary/aromatic N) is 1. The van der Waals surface area contributed by atoms with Crippen molar-refractivity contribution in [2.24, 2.45) is 0 Å². The molecule has 4 nitrogen and oxygen atoms in total. The van der Waals surface area contributed by atoms with Gasteiger partial charge in [0.05, 0.1) is 6.61 Å². The monoisotopic (exact) mass is 279 g/mol. The maximum absolute atomic E-state index is 11.6. The summed E-state index contributed by atoms with van der Waals surface area (Å²) in [5, 5.41) is 0. The molecule has 1 aromatic rings. The molecule has 0 radical (unpaired) electrons. The number of benzene rings is 1. The van der Waals surface area contributed by atoms with Gasteiger partial charge in [-0.3, -0.25) is 4.79 Å². The Morgan fingerprint density at radius 2 is 1.70 bits per heavy atom. The van der Waals surface area contributed by atoms with Gasteiger partial charge in [-0.15, -0.1) is 0 Å². The minimum absolute atomic E-state index is 0.180. The highest BCUT2D eigenvalue weighted by Gasteiger charge is 2.08. The Balaban J connectivity index is 2.70. The van der Waals surface area contributed by atoms with Crippen molar-refractivity contribution in [3.63, 3.8) is 0 Å². The molecule has 0 aromatic heterocycles. The van der Waals surface area contributed by atoms with Gasteiger partial charge in [0.15, 0.2) is 5.78 Å². The zero-order valence-electron chi connectivity index (χ0n) is 12.7. The van der Waals surface area contributed by atoms with Gasteiger partial charge in [0.2, 0.25) is 0 Å². The first kappa shape index (κ1) is 16.7. The molecule has 0 amide bonds. The fraction of sp³-hybridized carbons (Fsp3) is 0.562. The van der Waals surface area contributed by atoms with E-state index in [1.807, 2.05) is 31.2 Å². The van der Waals surface area contributed by atoms with Crippen LogP contribution in [0.25, 0.3) is 0 Å². The second-order valence-electron chi connectivity index (χ2n) is 4.65. The van der Waals surface area contributed by atoms with Crippen LogP contribution in [0.5, 0.6) is 0 Å². The first-order valence-corrected chi connectivity index (χ1v) is 7.09. The molecule has 0 fully saturated rings. The summed E-state index contributed by atoms with van der Waals surface area (Å²) in [6.45, 7) is 5.06. The summed E-state index contributed by atoms with van der Waals surface area (Å²) in [5.74, 6) is 0.180. The number of ether oxygens (including phenoxy) is 2. The quantitative estimate of drug-likeness (QED) is 0.487. The van der Waals surface area contributed by atoms with E-state index in [0.717, 1.165) is 37.4 Å². The van der Waals surface area contributed by atoms with Crippen molar-refractivity contribution in [3.8, 4) is 0 Å². The standard InChI is InChI=1S/C16H25NO3/c1-4-16(18)14-6-8-15(9-7-14)17(11-13-20-3)10-5-12-19-2/h6-9H,4-5,10-13H2,1-3H3. The maximum atomic E-state index is 11.6. The third kappa shape index (κ3) is 5.31. The van der Waals surface area contributed by atoms with Crippen molar-refractivity contribution >= 4 is 11.5 Å². The first-order chi connectivity index (χ1) is 9.72. The minimum Gasteiger partial charge on any atom is -0.385 e. The Morgan fingerprint density at radius 3 is 2.25 bits per heavy atom. The van der Waals surface area contributed by atoms with E-state index in [2.05, 4.69) is 4.90 Å². The molecule has 1 rings (SSSR count). The van der Waals surface area contributed by atoms with Crippen LogP contribution in [0, 0.1) is 0 Å². The molecular weight excluding hydrogens is 254 g/mol. The van der Waals surface area contributed by atoms with E-state index in [9.17, 15) is 4.79 Å². The van der Waals surface area contributed by atoms with Crippen molar-refractivity contribution in [1.82, 2.24) is 0 Å². The van der Waals surface area contributed by atoms with E-state index < -0.39 is 0 Å². The van der Waals surface area contributed by atoms with Crippen molar-refractivity contribution < 1.29 is 14.3 Å². The highest BCUT2D eigenvalue weighted by molar-refractivity contribution is 5.96. The highest BCUT2D eigenvalue weighted by Crippen LogP contribution is 2.16. The molecule has 0 heterocycles. The number of carbonyl (C=O) groups excluding carboxylic acids is 1. The van der Waals surface area contributed by atoms with Crippen molar-refractivity contribution in [3.05, 3.63) is 29.8 Å². The molecule has 0 spiro atoms. The molecule has 0 unspecified atom stereocenters. The van der Waals surface area contributed by atoms with Gasteiger partial charge in [-0.2, -0.15) is 0 Å². The van der Waals surface area contributed by atoms with E-state index >= 15 is 0 Å². The van der Waals surface area contributed by atoms with Gasteiger partial charge in [-0.1, -0.05) is 6.92 Å². The van der Waals surface area contributed by atoms with E-state index in [1.54, 1.807) is 14.2 Å². The molecule has 0 atom stereocenters. The molecule has 4 heteroatoms. The predicted molar refractivity (Wildman–Crippen MR) is 81.6 cm³/mol. The number of hydrogen-bond donors (Lipinski definition) is 0. The van der Waals surface area contributed by atoms with Crippen LogP contribution in [0.1, 0.15) is 30.1 Å². The lowest BCUT2D eigenvalue weighted by Crippen LogP contribution is -2.29. The van der Waals surface area contributed by atoms with Gasteiger partial charge < -0.3 is 14.4 Å². The summed E-state index contributed by atoms with van der Waals surface area (Å²) in [4.78, 5) is 13.9. The SMILES string of the molecule is CCC(=O)c1ccc(N(CCCOC)CCOC)cc1. The molecule has 0 aliphatic rings. The van der Waals surface area contributed by atoms with Crippen LogP contribution < -0.4 is 4.90 Å². The van der Waals surface area contributed by atoms with Crippen LogP contribution >= 0.6 is 0 Å². The number of ketones is 1. The number of methoxy groups -OCH3 is 2.